The molecule has 2 aromatic rings. The number of rotatable bonds is 1. The number of pyridine rings is 1. The van der Waals surface area contributed by atoms with Crippen molar-refractivity contribution in [1.82, 2.24) is 14.5 Å². The summed E-state index contributed by atoms with van der Waals surface area (Å²) in [5.74, 6) is 0. The Morgan fingerprint density at radius 1 is 1.54 bits per heavy atom. The maximum Gasteiger partial charge on any atom is 0.332 e. The molecule has 0 aliphatic carbocycles. The minimum Gasteiger partial charge on any atom is -0.290 e. The molecule has 2 rings (SSSR count). The minimum atomic E-state index is -2.84. The van der Waals surface area contributed by atoms with Crippen LogP contribution in [-0.2, 0) is 0 Å². The molecule has 0 aromatic carbocycles. The van der Waals surface area contributed by atoms with E-state index in [4.69, 9.17) is 0 Å². The Balaban J connectivity index is 2.87. The Morgan fingerprint density at radius 2 is 2.31 bits per heavy atom. The summed E-state index contributed by atoms with van der Waals surface area (Å²) in [6.45, 7) is -2.84. The van der Waals surface area contributed by atoms with Gasteiger partial charge in [-0.1, -0.05) is 0 Å². The summed E-state index contributed by atoms with van der Waals surface area (Å²) >= 11 is 0. The zero-order chi connectivity index (χ0) is 9.42. The second-order valence-electron chi connectivity index (χ2n) is 2.45. The molecule has 0 aliphatic heterocycles. The number of hydrogen-bond acceptors (Lipinski definition) is 2. The van der Waals surface area contributed by atoms with Gasteiger partial charge in [0.15, 0.2) is 5.65 Å². The molecular weight excluding hydrogens is 180 g/mol. The van der Waals surface area contributed by atoms with E-state index in [0.717, 1.165) is 0 Å². The van der Waals surface area contributed by atoms with E-state index < -0.39 is 12.2 Å². The van der Waals surface area contributed by atoms with Crippen LogP contribution in [0.15, 0.2) is 23.1 Å². The van der Waals surface area contributed by atoms with Gasteiger partial charge in [0, 0.05) is 6.20 Å². The largest absolute Gasteiger partial charge is 0.332 e. The van der Waals surface area contributed by atoms with E-state index in [-0.39, 0.29) is 11.2 Å². The van der Waals surface area contributed by atoms with Crippen LogP contribution in [0.1, 0.15) is 6.55 Å². The van der Waals surface area contributed by atoms with Crippen LogP contribution in [0.3, 0.4) is 0 Å². The zero-order valence-corrected chi connectivity index (χ0v) is 6.37. The molecule has 0 atom stereocenters. The van der Waals surface area contributed by atoms with E-state index in [0.29, 0.717) is 4.57 Å². The standard InChI is InChI=1S/C7H5F2N3O/c8-6(9)12-4-2-1-3-10-5(4)11-7(12)13/h1-3,6H,(H,10,11,13). The van der Waals surface area contributed by atoms with Crippen LogP contribution in [-0.4, -0.2) is 14.5 Å². The number of nitrogens with zero attached hydrogens (tertiary/aromatic N) is 2. The highest BCUT2D eigenvalue weighted by Gasteiger charge is 2.14. The lowest BCUT2D eigenvalue weighted by molar-refractivity contribution is 0.0712. The highest BCUT2D eigenvalue weighted by molar-refractivity contribution is 5.70. The molecule has 0 saturated carbocycles. The number of alkyl halides is 2. The fraction of sp³-hybridized carbons (Fsp3) is 0.143. The monoisotopic (exact) mass is 185 g/mol. The Kier molecular flexibility index (Phi) is 1.61. The van der Waals surface area contributed by atoms with Crippen LogP contribution < -0.4 is 5.69 Å². The van der Waals surface area contributed by atoms with Gasteiger partial charge in [-0.2, -0.15) is 8.78 Å². The summed E-state index contributed by atoms with van der Waals surface area (Å²) in [5, 5.41) is 0. The van der Waals surface area contributed by atoms with Gasteiger partial charge in [0.05, 0.1) is 5.52 Å². The van der Waals surface area contributed by atoms with Gasteiger partial charge in [-0.3, -0.25) is 4.98 Å². The quantitative estimate of drug-likeness (QED) is 0.723. The van der Waals surface area contributed by atoms with E-state index in [1.807, 2.05) is 0 Å². The molecule has 0 fully saturated rings. The van der Waals surface area contributed by atoms with Gasteiger partial charge in [-0.25, -0.2) is 14.3 Å². The minimum absolute atomic E-state index is 0.113. The van der Waals surface area contributed by atoms with Gasteiger partial charge < -0.3 is 0 Å². The summed E-state index contributed by atoms with van der Waals surface area (Å²) in [4.78, 5) is 16.9. The molecule has 0 amide bonds. The predicted octanol–water partition coefficient (Wildman–Crippen LogP) is 1.12. The molecule has 13 heavy (non-hydrogen) atoms. The number of halogens is 2. The number of aromatic amines is 1. The number of aromatic nitrogens is 3. The second kappa shape index (κ2) is 2.65. The lowest BCUT2D eigenvalue weighted by atomic mass is 10.4. The van der Waals surface area contributed by atoms with Crippen LogP contribution >= 0.6 is 0 Å². The molecule has 4 nitrogen and oxygen atoms in total. The number of nitrogens with one attached hydrogen (secondary N) is 1. The third-order valence-corrected chi connectivity index (χ3v) is 1.69. The van der Waals surface area contributed by atoms with Crippen molar-refractivity contribution in [2.75, 3.05) is 0 Å². The fourth-order valence-corrected chi connectivity index (χ4v) is 1.15. The molecule has 68 valence electrons. The number of H-pyrrole nitrogens is 1. The normalized spacial score (nSPS) is 11.3. The van der Waals surface area contributed by atoms with E-state index in [9.17, 15) is 13.6 Å². The molecule has 6 heteroatoms. The molecule has 0 spiro atoms. The van der Waals surface area contributed by atoms with Crippen molar-refractivity contribution < 1.29 is 8.78 Å². The smallest absolute Gasteiger partial charge is 0.290 e. The van der Waals surface area contributed by atoms with Crippen LogP contribution in [0.5, 0.6) is 0 Å². The highest BCUT2D eigenvalue weighted by Crippen LogP contribution is 2.14. The van der Waals surface area contributed by atoms with Crippen molar-refractivity contribution in [2.45, 2.75) is 6.55 Å². The van der Waals surface area contributed by atoms with Gasteiger partial charge >= 0.3 is 12.2 Å². The molecule has 0 bridgehead atoms. The average molecular weight is 185 g/mol. The molecule has 0 aliphatic rings. The van der Waals surface area contributed by atoms with Gasteiger partial charge in [0.1, 0.15) is 0 Å². The van der Waals surface area contributed by atoms with Crippen molar-refractivity contribution >= 4 is 11.2 Å². The van der Waals surface area contributed by atoms with Crippen LogP contribution in [0.2, 0.25) is 0 Å². The Bertz CT molecular complexity index is 488. The SMILES string of the molecule is O=c1[nH]c2ncccc2n1C(F)F. The van der Waals surface area contributed by atoms with Crippen LogP contribution in [0.25, 0.3) is 11.2 Å². The lowest BCUT2D eigenvalue weighted by Crippen LogP contribution is -2.16. The van der Waals surface area contributed by atoms with Crippen molar-refractivity contribution in [3.8, 4) is 0 Å². The van der Waals surface area contributed by atoms with Crippen LogP contribution in [0, 0.1) is 0 Å². The highest BCUT2D eigenvalue weighted by atomic mass is 19.3. The van der Waals surface area contributed by atoms with E-state index in [1.165, 1.54) is 18.3 Å². The lowest BCUT2D eigenvalue weighted by Gasteiger charge is -1.98. The maximum absolute atomic E-state index is 12.3. The predicted molar refractivity (Wildman–Crippen MR) is 41.6 cm³/mol. The van der Waals surface area contributed by atoms with Crippen molar-refractivity contribution in [3.63, 3.8) is 0 Å². The average Bonchev–Trinajstić information content (AvgIpc) is 2.39. The van der Waals surface area contributed by atoms with Gasteiger partial charge in [0.25, 0.3) is 0 Å². The Hall–Kier alpha value is -1.72. The number of hydrogen-bond donors (Lipinski definition) is 1. The third-order valence-electron chi connectivity index (χ3n) is 1.69. The van der Waals surface area contributed by atoms with Gasteiger partial charge in [0.2, 0.25) is 0 Å². The van der Waals surface area contributed by atoms with E-state index in [1.54, 1.807) is 0 Å². The Morgan fingerprint density at radius 3 is 3.00 bits per heavy atom. The van der Waals surface area contributed by atoms with Gasteiger partial charge in [-0.15, -0.1) is 0 Å². The molecule has 2 heterocycles. The molecule has 0 saturated heterocycles. The van der Waals surface area contributed by atoms with Crippen molar-refractivity contribution in [1.29, 1.82) is 0 Å². The molecule has 0 unspecified atom stereocenters. The summed E-state index contributed by atoms with van der Waals surface area (Å²) in [7, 11) is 0. The summed E-state index contributed by atoms with van der Waals surface area (Å²) < 4.78 is 25.0. The van der Waals surface area contributed by atoms with E-state index >= 15 is 0 Å². The first kappa shape index (κ1) is 7.90. The summed E-state index contributed by atoms with van der Waals surface area (Å²) in [6, 6.07) is 2.90. The third kappa shape index (κ3) is 1.10. The van der Waals surface area contributed by atoms with E-state index in [2.05, 4.69) is 9.97 Å². The molecule has 1 N–H and O–H groups in total. The number of imidazole rings is 1. The van der Waals surface area contributed by atoms with Crippen molar-refractivity contribution in [2.24, 2.45) is 0 Å². The maximum atomic E-state index is 12.3. The topological polar surface area (TPSA) is 50.7 Å². The summed E-state index contributed by atoms with van der Waals surface area (Å²) in [5.41, 5.74) is -0.556. The molecule has 2 aromatic heterocycles. The molecule has 0 radical (unpaired) electrons. The second-order valence-corrected chi connectivity index (χ2v) is 2.45. The zero-order valence-electron chi connectivity index (χ0n) is 6.37. The fourth-order valence-electron chi connectivity index (χ4n) is 1.15. The number of fused-ring (bicyclic) bond motifs is 1. The Labute approximate surface area is 70.8 Å². The first-order chi connectivity index (χ1) is 6.20. The first-order valence-corrected chi connectivity index (χ1v) is 3.53. The van der Waals surface area contributed by atoms with Crippen LogP contribution in [0.4, 0.5) is 8.78 Å². The van der Waals surface area contributed by atoms with Gasteiger partial charge in [-0.05, 0) is 12.1 Å². The van der Waals surface area contributed by atoms with Crippen molar-refractivity contribution in [3.05, 3.63) is 28.8 Å². The molecular formula is C7H5F2N3O. The summed E-state index contributed by atoms with van der Waals surface area (Å²) in [6.07, 6.45) is 1.42. The first-order valence-electron chi connectivity index (χ1n) is 3.53.